The number of nitrogens with zero attached hydrogens (tertiary/aromatic N) is 1. The van der Waals surface area contributed by atoms with Gasteiger partial charge < -0.3 is 15.0 Å². The van der Waals surface area contributed by atoms with E-state index in [2.05, 4.69) is 36.2 Å². The van der Waals surface area contributed by atoms with Gasteiger partial charge in [-0.2, -0.15) is 0 Å². The van der Waals surface area contributed by atoms with Crippen molar-refractivity contribution >= 4 is 17.3 Å². The Morgan fingerprint density at radius 1 is 1.04 bits per heavy atom. The maximum absolute atomic E-state index is 12.5. The van der Waals surface area contributed by atoms with Crippen molar-refractivity contribution in [3.63, 3.8) is 0 Å². The molecule has 0 heterocycles. The van der Waals surface area contributed by atoms with Gasteiger partial charge in [0.1, 0.15) is 5.75 Å². The number of benzene rings is 2. The molecule has 1 unspecified atom stereocenters. The van der Waals surface area contributed by atoms with Crippen LogP contribution in [0.5, 0.6) is 5.75 Å². The Kier molecular flexibility index (Phi) is 6.67. The van der Waals surface area contributed by atoms with Gasteiger partial charge in [-0.3, -0.25) is 4.79 Å². The molecular weight excluding hydrogens is 324 g/mol. The summed E-state index contributed by atoms with van der Waals surface area (Å²) in [6, 6.07) is 12.1. The molecule has 26 heavy (non-hydrogen) atoms. The van der Waals surface area contributed by atoms with Crippen LogP contribution in [-0.4, -0.2) is 25.1 Å². The van der Waals surface area contributed by atoms with E-state index in [0.717, 1.165) is 35.7 Å². The SMILES string of the molecule is CCN(CC)c1ccc(NC(=O)C(C)Oc2ccc(C)cc2C)c(C)c1. The van der Waals surface area contributed by atoms with Gasteiger partial charge in [0, 0.05) is 24.5 Å². The smallest absolute Gasteiger partial charge is 0.265 e. The number of carbonyl (C=O) groups excluding carboxylic acids is 1. The Morgan fingerprint density at radius 3 is 2.31 bits per heavy atom. The van der Waals surface area contributed by atoms with E-state index in [4.69, 9.17) is 4.74 Å². The van der Waals surface area contributed by atoms with Crippen LogP contribution in [0.4, 0.5) is 11.4 Å². The highest BCUT2D eigenvalue weighted by molar-refractivity contribution is 5.95. The lowest BCUT2D eigenvalue weighted by Crippen LogP contribution is -2.30. The van der Waals surface area contributed by atoms with E-state index in [0.29, 0.717) is 0 Å². The predicted octanol–water partition coefficient (Wildman–Crippen LogP) is 4.86. The van der Waals surface area contributed by atoms with Crippen LogP contribution >= 0.6 is 0 Å². The highest BCUT2D eigenvalue weighted by Crippen LogP contribution is 2.24. The average molecular weight is 354 g/mol. The van der Waals surface area contributed by atoms with Crippen LogP contribution in [0.15, 0.2) is 36.4 Å². The number of ether oxygens (including phenoxy) is 1. The van der Waals surface area contributed by atoms with Crippen molar-refractivity contribution in [1.29, 1.82) is 0 Å². The summed E-state index contributed by atoms with van der Waals surface area (Å²) in [5.41, 5.74) is 5.24. The molecule has 0 saturated heterocycles. The molecule has 1 N–H and O–H groups in total. The van der Waals surface area contributed by atoms with E-state index >= 15 is 0 Å². The number of nitrogens with one attached hydrogen (secondary N) is 1. The Hall–Kier alpha value is -2.49. The van der Waals surface area contributed by atoms with E-state index in [-0.39, 0.29) is 5.91 Å². The largest absolute Gasteiger partial charge is 0.481 e. The first-order valence-corrected chi connectivity index (χ1v) is 9.26. The molecule has 2 rings (SSSR count). The van der Waals surface area contributed by atoms with Gasteiger partial charge in [0.05, 0.1) is 0 Å². The molecule has 0 aromatic heterocycles. The molecule has 0 saturated carbocycles. The first-order chi connectivity index (χ1) is 12.3. The van der Waals surface area contributed by atoms with Crippen molar-refractivity contribution < 1.29 is 9.53 Å². The van der Waals surface area contributed by atoms with Gasteiger partial charge in [-0.05, 0) is 76.9 Å². The molecule has 1 atom stereocenters. The zero-order chi connectivity index (χ0) is 19.3. The third-order valence-electron chi connectivity index (χ3n) is 4.60. The Bertz CT molecular complexity index is 767. The normalized spacial score (nSPS) is 11.8. The van der Waals surface area contributed by atoms with Crippen LogP contribution in [-0.2, 0) is 4.79 Å². The molecule has 2 aromatic carbocycles. The minimum atomic E-state index is -0.571. The lowest BCUT2D eigenvalue weighted by molar-refractivity contribution is -0.122. The summed E-state index contributed by atoms with van der Waals surface area (Å²) < 4.78 is 5.85. The Morgan fingerprint density at radius 2 is 1.73 bits per heavy atom. The molecule has 0 spiro atoms. The second kappa shape index (κ2) is 8.75. The molecule has 0 aliphatic carbocycles. The summed E-state index contributed by atoms with van der Waals surface area (Å²) in [5.74, 6) is 0.593. The van der Waals surface area contributed by atoms with Crippen molar-refractivity contribution in [2.75, 3.05) is 23.3 Å². The molecule has 0 radical (unpaired) electrons. The van der Waals surface area contributed by atoms with Gasteiger partial charge in [-0.1, -0.05) is 17.7 Å². The van der Waals surface area contributed by atoms with E-state index in [9.17, 15) is 4.79 Å². The summed E-state index contributed by atoms with van der Waals surface area (Å²) in [6.07, 6.45) is -0.571. The van der Waals surface area contributed by atoms with Gasteiger partial charge in [0.25, 0.3) is 5.91 Å². The summed E-state index contributed by atoms with van der Waals surface area (Å²) in [6.45, 7) is 14.0. The number of amides is 1. The molecule has 0 fully saturated rings. The average Bonchev–Trinajstić information content (AvgIpc) is 2.60. The highest BCUT2D eigenvalue weighted by atomic mass is 16.5. The topological polar surface area (TPSA) is 41.6 Å². The minimum absolute atomic E-state index is 0.149. The first-order valence-electron chi connectivity index (χ1n) is 9.26. The fourth-order valence-corrected chi connectivity index (χ4v) is 2.98. The van der Waals surface area contributed by atoms with Crippen molar-refractivity contribution in [3.8, 4) is 5.75 Å². The zero-order valence-electron chi connectivity index (χ0n) is 16.7. The van der Waals surface area contributed by atoms with E-state index in [1.807, 2.05) is 45.0 Å². The number of carbonyl (C=O) groups is 1. The Balaban J connectivity index is 2.06. The summed E-state index contributed by atoms with van der Waals surface area (Å²) >= 11 is 0. The number of anilines is 2. The van der Waals surface area contributed by atoms with Gasteiger partial charge in [-0.25, -0.2) is 0 Å². The van der Waals surface area contributed by atoms with E-state index < -0.39 is 6.10 Å². The van der Waals surface area contributed by atoms with E-state index in [1.54, 1.807) is 6.92 Å². The molecule has 0 aliphatic heterocycles. The fraction of sp³-hybridized carbons (Fsp3) is 0.409. The third-order valence-corrected chi connectivity index (χ3v) is 4.60. The van der Waals surface area contributed by atoms with Crippen molar-refractivity contribution in [3.05, 3.63) is 53.1 Å². The lowest BCUT2D eigenvalue weighted by Gasteiger charge is -2.22. The van der Waals surface area contributed by atoms with Gasteiger partial charge >= 0.3 is 0 Å². The van der Waals surface area contributed by atoms with Crippen molar-refractivity contribution in [2.45, 2.75) is 47.6 Å². The van der Waals surface area contributed by atoms with Gasteiger partial charge in [0.15, 0.2) is 6.10 Å². The standard InChI is InChI=1S/C22H30N2O2/c1-7-24(8-2)19-10-11-20(16(4)14-19)23-22(25)18(6)26-21-12-9-15(3)13-17(21)5/h9-14,18H,7-8H2,1-6H3,(H,23,25). The minimum Gasteiger partial charge on any atom is -0.481 e. The highest BCUT2D eigenvalue weighted by Gasteiger charge is 2.17. The van der Waals surface area contributed by atoms with Crippen LogP contribution in [0.1, 0.15) is 37.5 Å². The second-order valence-electron chi connectivity index (χ2n) is 6.69. The fourth-order valence-electron chi connectivity index (χ4n) is 2.98. The molecule has 0 bridgehead atoms. The maximum Gasteiger partial charge on any atom is 0.265 e. The van der Waals surface area contributed by atoms with Crippen LogP contribution in [0.2, 0.25) is 0 Å². The van der Waals surface area contributed by atoms with Gasteiger partial charge in [-0.15, -0.1) is 0 Å². The van der Waals surface area contributed by atoms with E-state index in [1.165, 1.54) is 11.3 Å². The predicted molar refractivity (Wildman–Crippen MR) is 109 cm³/mol. The molecule has 1 amide bonds. The molecule has 2 aromatic rings. The van der Waals surface area contributed by atoms with Crippen LogP contribution in [0, 0.1) is 20.8 Å². The second-order valence-corrected chi connectivity index (χ2v) is 6.69. The van der Waals surface area contributed by atoms with Crippen molar-refractivity contribution in [2.24, 2.45) is 0 Å². The quantitative estimate of drug-likeness (QED) is 0.772. The zero-order valence-corrected chi connectivity index (χ0v) is 16.7. The summed E-state index contributed by atoms with van der Waals surface area (Å²) in [5, 5.41) is 2.98. The monoisotopic (exact) mass is 354 g/mol. The molecule has 140 valence electrons. The van der Waals surface area contributed by atoms with Gasteiger partial charge in [0.2, 0.25) is 0 Å². The Labute approximate surface area is 157 Å². The number of hydrogen-bond acceptors (Lipinski definition) is 3. The summed E-state index contributed by atoms with van der Waals surface area (Å²) in [4.78, 5) is 14.8. The van der Waals surface area contributed by atoms with Crippen LogP contribution < -0.4 is 15.0 Å². The number of aryl methyl sites for hydroxylation is 3. The first kappa shape index (κ1) is 19.8. The third kappa shape index (κ3) is 4.78. The molecule has 4 nitrogen and oxygen atoms in total. The molecular formula is C22H30N2O2. The van der Waals surface area contributed by atoms with Crippen molar-refractivity contribution in [1.82, 2.24) is 0 Å². The molecule has 4 heteroatoms. The van der Waals surface area contributed by atoms with Crippen LogP contribution in [0.3, 0.4) is 0 Å². The van der Waals surface area contributed by atoms with Crippen LogP contribution in [0.25, 0.3) is 0 Å². The number of hydrogen-bond donors (Lipinski definition) is 1. The summed E-state index contributed by atoms with van der Waals surface area (Å²) in [7, 11) is 0. The molecule has 0 aliphatic rings. The maximum atomic E-state index is 12.5. The number of rotatable bonds is 7. The lowest BCUT2D eigenvalue weighted by atomic mass is 10.1.